The molecule has 1 atom stereocenters. The Morgan fingerprint density at radius 2 is 2.25 bits per heavy atom. The van der Waals surface area contributed by atoms with Gasteiger partial charge in [0.25, 0.3) is 5.56 Å². The topological polar surface area (TPSA) is 70.1 Å². The molecule has 5 nitrogen and oxygen atoms in total. The SMILES string of the molecule is Nc1c(Cl)ncn(C2CCOC3(CCSCC3)C2)c1=O. The van der Waals surface area contributed by atoms with Gasteiger partial charge in [-0.05, 0) is 37.2 Å². The molecular weight excluding hydrogens is 298 g/mol. The molecule has 2 aliphatic rings. The first-order chi connectivity index (χ1) is 9.61. The maximum atomic E-state index is 12.2. The summed E-state index contributed by atoms with van der Waals surface area (Å²) >= 11 is 7.76. The summed E-state index contributed by atoms with van der Waals surface area (Å²) in [5.41, 5.74) is 5.43. The molecule has 1 spiro atoms. The standard InChI is InChI=1S/C13H18ClN3O2S/c14-11-10(15)12(18)17(8-16-11)9-1-4-19-13(7-9)2-5-20-6-3-13/h8-9H,1-7,15H2. The third kappa shape index (κ3) is 2.56. The Kier molecular flexibility index (Phi) is 3.97. The van der Waals surface area contributed by atoms with E-state index >= 15 is 0 Å². The number of ether oxygens (including phenoxy) is 1. The summed E-state index contributed by atoms with van der Waals surface area (Å²) in [6, 6.07) is 0.103. The van der Waals surface area contributed by atoms with Gasteiger partial charge in [-0.15, -0.1) is 0 Å². The normalized spacial score (nSPS) is 25.8. The first-order valence-corrected chi connectivity index (χ1v) is 8.38. The number of halogens is 1. The molecule has 2 saturated heterocycles. The second-order valence-corrected chi connectivity index (χ2v) is 7.03. The Morgan fingerprint density at radius 1 is 1.50 bits per heavy atom. The van der Waals surface area contributed by atoms with E-state index in [0.29, 0.717) is 6.61 Å². The zero-order chi connectivity index (χ0) is 14.2. The van der Waals surface area contributed by atoms with Crippen molar-refractivity contribution in [2.75, 3.05) is 23.8 Å². The third-order valence-corrected chi connectivity index (χ3v) is 5.53. The number of aromatic nitrogens is 2. The van der Waals surface area contributed by atoms with Crippen LogP contribution in [-0.2, 0) is 4.74 Å². The van der Waals surface area contributed by atoms with E-state index in [4.69, 9.17) is 22.1 Å². The Bertz CT molecular complexity index is 552. The second kappa shape index (κ2) is 5.58. The van der Waals surface area contributed by atoms with Crippen molar-refractivity contribution in [2.24, 2.45) is 0 Å². The minimum absolute atomic E-state index is 0.0360. The second-order valence-electron chi connectivity index (χ2n) is 5.45. The summed E-state index contributed by atoms with van der Waals surface area (Å²) in [6.07, 6.45) is 5.30. The van der Waals surface area contributed by atoms with Crippen molar-refractivity contribution >= 4 is 29.1 Å². The number of thioether (sulfide) groups is 1. The summed E-state index contributed by atoms with van der Waals surface area (Å²) in [7, 11) is 0. The van der Waals surface area contributed by atoms with E-state index in [9.17, 15) is 4.79 Å². The molecule has 2 aliphatic heterocycles. The predicted molar refractivity (Wildman–Crippen MR) is 81.4 cm³/mol. The Hall–Kier alpha value is -0.720. The monoisotopic (exact) mass is 315 g/mol. The van der Waals surface area contributed by atoms with Crippen LogP contribution in [0.5, 0.6) is 0 Å². The molecule has 1 aromatic heterocycles. The minimum atomic E-state index is -0.239. The maximum Gasteiger partial charge on any atom is 0.278 e. The highest BCUT2D eigenvalue weighted by Crippen LogP contribution is 2.41. The van der Waals surface area contributed by atoms with Gasteiger partial charge in [-0.25, -0.2) is 4.98 Å². The molecule has 0 radical (unpaired) electrons. The van der Waals surface area contributed by atoms with E-state index in [1.165, 1.54) is 6.33 Å². The average molecular weight is 316 g/mol. The first kappa shape index (κ1) is 14.2. The van der Waals surface area contributed by atoms with Gasteiger partial charge in [0.2, 0.25) is 0 Å². The van der Waals surface area contributed by atoms with Gasteiger partial charge >= 0.3 is 0 Å². The Morgan fingerprint density at radius 3 is 3.00 bits per heavy atom. The highest BCUT2D eigenvalue weighted by Gasteiger charge is 2.39. The highest BCUT2D eigenvalue weighted by molar-refractivity contribution is 7.99. The van der Waals surface area contributed by atoms with Crippen LogP contribution in [0.3, 0.4) is 0 Å². The van der Waals surface area contributed by atoms with Crippen molar-refractivity contribution in [3.8, 4) is 0 Å². The predicted octanol–water partition coefficient (Wildman–Crippen LogP) is 2.10. The van der Waals surface area contributed by atoms with Crippen molar-refractivity contribution < 1.29 is 4.74 Å². The van der Waals surface area contributed by atoms with E-state index in [-0.39, 0.29) is 28.0 Å². The Balaban J connectivity index is 1.87. The fraction of sp³-hybridized carbons (Fsp3) is 0.692. The lowest BCUT2D eigenvalue weighted by Crippen LogP contribution is -2.45. The Labute approximate surface area is 126 Å². The molecule has 3 heterocycles. The van der Waals surface area contributed by atoms with Crippen molar-refractivity contribution in [3.05, 3.63) is 21.8 Å². The summed E-state index contributed by atoms with van der Waals surface area (Å²) in [6.45, 7) is 0.685. The molecule has 7 heteroatoms. The molecule has 3 rings (SSSR count). The van der Waals surface area contributed by atoms with Crippen LogP contribution in [0.4, 0.5) is 5.69 Å². The number of rotatable bonds is 1. The number of nitrogens with zero attached hydrogens (tertiary/aromatic N) is 2. The van der Waals surface area contributed by atoms with E-state index < -0.39 is 0 Å². The average Bonchev–Trinajstić information content (AvgIpc) is 2.46. The van der Waals surface area contributed by atoms with Crippen LogP contribution < -0.4 is 11.3 Å². The summed E-state index contributed by atoms with van der Waals surface area (Å²) < 4.78 is 7.68. The van der Waals surface area contributed by atoms with E-state index in [1.54, 1.807) is 4.57 Å². The quantitative estimate of drug-likeness (QED) is 0.804. The van der Waals surface area contributed by atoms with Crippen LogP contribution in [0.2, 0.25) is 5.15 Å². The molecule has 1 unspecified atom stereocenters. The van der Waals surface area contributed by atoms with Gasteiger partial charge in [-0.3, -0.25) is 9.36 Å². The van der Waals surface area contributed by atoms with Crippen LogP contribution in [0.15, 0.2) is 11.1 Å². The first-order valence-electron chi connectivity index (χ1n) is 6.85. The van der Waals surface area contributed by atoms with Crippen LogP contribution >= 0.6 is 23.4 Å². The lowest BCUT2D eigenvalue weighted by molar-refractivity contribution is -0.0992. The minimum Gasteiger partial charge on any atom is -0.392 e. The molecule has 2 fully saturated rings. The van der Waals surface area contributed by atoms with Crippen molar-refractivity contribution in [3.63, 3.8) is 0 Å². The van der Waals surface area contributed by atoms with Gasteiger partial charge in [0.15, 0.2) is 5.15 Å². The molecule has 0 saturated carbocycles. The van der Waals surface area contributed by atoms with Crippen LogP contribution in [0.25, 0.3) is 0 Å². The van der Waals surface area contributed by atoms with Gasteiger partial charge in [-0.1, -0.05) is 11.6 Å². The van der Waals surface area contributed by atoms with Gasteiger partial charge in [0.05, 0.1) is 11.9 Å². The van der Waals surface area contributed by atoms with Gasteiger partial charge in [0.1, 0.15) is 5.69 Å². The van der Waals surface area contributed by atoms with E-state index in [1.807, 2.05) is 11.8 Å². The number of nitrogens with two attached hydrogens (primary N) is 1. The lowest BCUT2D eigenvalue weighted by atomic mass is 9.85. The van der Waals surface area contributed by atoms with Gasteiger partial charge in [-0.2, -0.15) is 11.8 Å². The van der Waals surface area contributed by atoms with Crippen molar-refractivity contribution in [1.82, 2.24) is 9.55 Å². The molecule has 0 bridgehead atoms. The smallest absolute Gasteiger partial charge is 0.278 e. The van der Waals surface area contributed by atoms with Crippen LogP contribution in [0.1, 0.15) is 31.7 Å². The van der Waals surface area contributed by atoms with Crippen molar-refractivity contribution in [1.29, 1.82) is 0 Å². The summed E-state index contributed by atoms with van der Waals surface area (Å²) in [5, 5.41) is 0.0853. The maximum absolute atomic E-state index is 12.2. The molecule has 0 amide bonds. The zero-order valence-electron chi connectivity index (χ0n) is 11.2. The number of nitrogen functional groups attached to an aromatic ring is 1. The third-order valence-electron chi connectivity index (χ3n) is 4.25. The molecule has 1 aromatic rings. The van der Waals surface area contributed by atoms with Gasteiger partial charge < -0.3 is 10.5 Å². The summed E-state index contributed by atoms with van der Waals surface area (Å²) in [5.74, 6) is 2.26. The van der Waals surface area contributed by atoms with Crippen LogP contribution in [-0.4, -0.2) is 33.3 Å². The molecule has 110 valence electrons. The molecule has 0 aromatic carbocycles. The van der Waals surface area contributed by atoms with E-state index in [2.05, 4.69) is 4.98 Å². The summed E-state index contributed by atoms with van der Waals surface area (Å²) in [4.78, 5) is 16.2. The van der Waals surface area contributed by atoms with Crippen LogP contribution in [0, 0.1) is 0 Å². The van der Waals surface area contributed by atoms with E-state index in [0.717, 1.165) is 37.2 Å². The van der Waals surface area contributed by atoms with Crippen molar-refractivity contribution in [2.45, 2.75) is 37.3 Å². The fourth-order valence-electron chi connectivity index (χ4n) is 3.05. The number of hydrogen-bond donors (Lipinski definition) is 1. The molecule has 20 heavy (non-hydrogen) atoms. The molecule has 0 aliphatic carbocycles. The fourth-order valence-corrected chi connectivity index (χ4v) is 4.41. The number of hydrogen-bond acceptors (Lipinski definition) is 5. The van der Waals surface area contributed by atoms with Gasteiger partial charge in [0, 0.05) is 12.6 Å². The lowest BCUT2D eigenvalue weighted by Gasteiger charge is -2.43. The largest absolute Gasteiger partial charge is 0.392 e. The highest BCUT2D eigenvalue weighted by atomic mass is 35.5. The molecule has 2 N–H and O–H groups in total. The number of anilines is 1. The molecular formula is C13H18ClN3O2S. The zero-order valence-corrected chi connectivity index (χ0v) is 12.8.